The van der Waals surface area contributed by atoms with E-state index < -0.39 is 0 Å². The van der Waals surface area contributed by atoms with Crippen molar-refractivity contribution >= 4 is 22.7 Å². The number of aromatic nitrogens is 3. The van der Waals surface area contributed by atoms with Crippen molar-refractivity contribution in [1.82, 2.24) is 14.5 Å². The minimum absolute atomic E-state index is 0.0657. The molecule has 30 heavy (non-hydrogen) atoms. The van der Waals surface area contributed by atoms with Crippen molar-refractivity contribution in [3.05, 3.63) is 88.5 Å². The molecule has 2 heterocycles. The average molecular weight is 420 g/mol. The van der Waals surface area contributed by atoms with Gasteiger partial charge in [0.25, 0.3) is 5.56 Å². The Bertz CT molecular complexity index is 1230. The zero-order valence-electron chi connectivity index (χ0n) is 16.7. The van der Waals surface area contributed by atoms with Crippen molar-refractivity contribution in [2.75, 3.05) is 14.2 Å². The van der Waals surface area contributed by atoms with Crippen molar-refractivity contribution < 1.29 is 9.47 Å². The van der Waals surface area contributed by atoms with Crippen LogP contribution in [0.1, 0.15) is 11.1 Å². The van der Waals surface area contributed by atoms with E-state index in [4.69, 9.17) is 14.5 Å². The van der Waals surface area contributed by atoms with Crippen molar-refractivity contribution in [3.8, 4) is 11.5 Å². The highest BCUT2D eigenvalue weighted by molar-refractivity contribution is 7.98. The second-order valence-electron chi connectivity index (χ2n) is 6.64. The van der Waals surface area contributed by atoms with E-state index >= 15 is 0 Å². The fourth-order valence-electron chi connectivity index (χ4n) is 3.19. The molecular formula is C23H21N3O3S. The predicted molar refractivity (Wildman–Crippen MR) is 118 cm³/mol. The smallest absolute Gasteiger partial charge is 0.262 e. The molecule has 0 aliphatic carbocycles. The molecular weight excluding hydrogens is 398 g/mol. The molecule has 4 aromatic rings. The minimum atomic E-state index is -0.0657. The monoisotopic (exact) mass is 419 g/mol. The standard InChI is InChI=1S/C23H21N3O3S/c1-28-20-10-9-16(12-21(20)29-2)14-26-22(27)18-7-3-4-8-19(18)25-23(26)30-15-17-6-5-11-24-13-17/h3-13H,14-15H2,1-2H3. The highest BCUT2D eigenvalue weighted by Crippen LogP contribution is 2.29. The van der Waals surface area contributed by atoms with Gasteiger partial charge in [-0.15, -0.1) is 0 Å². The molecule has 0 saturated carbocycles. The highest BCUT2D eigenvalue weighted by Gasteiger charge is 2.13. The predicted octanol–water partition coefficient (Wildman–Crippen LogP) is 4.15. The molecule has 0 unspecified atom stereocenters. The second-order valence-corrected chi connectivity index (χ2v) is 7.58. The Morgan fingerprint density at radius 1 is 0.967 bits per heavy atom. The van der Waals surface area contributed by atoms with Gasteiger partial charge in [0, 0.05) is 18.1 Å². The van der Waals surface area contributed by atoms with E-state index in [1.807, 2.05) is 60.8 Å². The second kappa shape index (κ2) is 9.00. The van der Waals surface area contributed by atoms with Crippen LogP contribution in [0, 0.1) is 0 Å². The molecule has 0 atom stereocenters. The largest absolute Gasteiger partial charge is 0.493 e. The Hall–Kier alpha value is -3.32. The summed E-state index contributed by atoms with van der Waals surface area (Å²) >= 11 is 1.52. The van der Waals surface area contributed by atoms with Gasteiger partial charge in [0.2, 0.25) is 0 Å². The van der Waals surface area contributed by atoms with Gasteiger partial charge < -0.3 is 9.47 Å². The maximum atomic E-state index is 13.3. The zero-order valence-corrected chi connectivity index (χ0v) is 17.6. The van der Waals surface area contributed by atoms with Crippen molar-refractivity contribution in [3.63, 3.8) is 0 Å². The van der Waals surface area contributed by atoms with Gasteiger partial charge >= 0.3 is 0 Å². The molecule has 0 aliphatic heterocycles. The molecule has 2 aromatic carbocycles. The summed E-state index contributed by atoms with van der Waals surface area (Å²) < 4.78 is 12.4. The molecule has 0 radical (unpaired) electrons. The lowest BCUT2D eigenvalue weighted by Crippen LogP contribution is -2.24. The first-order valence-electron chi connectivity index (χ1n) is 9.42. The van der Waals surface area contributed by atoms with Gasteiger partial charge in [0.15, 0.2) is 16.7 Å². The minimum Gasteiger partial charge on any atom is -0.493 e. The van der Waals surface area contributed by atoms with E-state index in [-0.39, 0.29) is 5.56 Å². The van der Waals surface area contributed by atoms with Crippen LogP contribution in [0.4, 0.5) is 0 Å². The van der Waals surface area contributed by atoms with Crippen molar-refractivity contribution in [1.29, 1.82) is 0 Å². The summed E-state index contributed by atoms with van der Waals surface area (Å²) in [5.41, 5.74) is 2.63. The number of pyridine rings is 1. The number of hydrogen-bond acceptors (Lipinski definition) is 6. The van der Waals surface area contributed by atoms with Crippen LogP contribution >= 0.6 is 11.8 Å². The van der Waals surface area contributed by atoms with Crippen LogP contribution in [0.3, 0.4) is 0 Å². The number of benzene rings is 2. The maximum absolute atomic E-state index is 13.3. The summed E-state index contributed by atoms with van der Waals surface area (Å²) in [5.74, 6) is 1.95. The third kappa shape index (κ3) is 4.16. The Labute approximate surface area is 178 Å². The molecule has 0 spiro atoms. The van der Waals surface area contributed by atoms with Crippen LogP contribution in [0.5, 0.6) is 11.5 Å². The lowest BCUT2D eigenvalue weighted by molar-refractivity contribution is 0.354. The van der Waals surface area contributed by atoms with E-state index in [2.05, 4.69) is 4.98 Å². The summed E-state index contributed by atoms with van der Waals surface area (Å²) in [6.45, 7) is 0.381. The van der Waals surface area contributed by atoms with E-state index in [0.29, 0.717) is 39.9 Å². The summed E-state index contributed by atoms with van der Waals surface area (Å²) in [7, 11) is 3.20. The van der Waals surface area contributed by atoms with Crippen molar-refractivity contribution in [2.45, 2.75) is 17.5 Å². The van der Waals surface area contributed by atoms with Gasteiger partial charge in [0.1, 0.15) is 0 Å². The van der Waals surface area contributed by atoms with Crippen LogP contribution < -0.4 is 15.0 Å². The summed E-state index contributed by atoms with van der Waals surface area (Å²) in [4.78, 5) is 22.2. The van der Waals surface area contributed by atoms with E-state index in [1.165, 1.54) is 11.8 Å². The molecule has 0 amide bonds. The Morgan fingerprint density at radius 3 is 2.57 bits per heavy atom. The molecule has 4 rings (SSSR count). The van der Waals surface area contributed by atoms with Gasteiger partial charge in [-0.25, -0.2) is 4.98 Å². The van der Waals surface area contributed by atoms with Crippen LogP contribution in [-0.4, -0.2) is 28.8 Å². The molecule has 2 aromatic heterocycles. The van der Waals surface area contributed by atoms with Gasteiger partial charge in [-0.2, -0.15) is 0 Å². The fraction of sp³-hybridized carbons (Fsp3) is 0.174. The molecule has 0 fully saturated rings. The van der Waals surface area contributed by atoms with Gasteiger partial charge in [-0.1, -0.05) is 36.0 Å². The molecule has 152 valence electrons. The Morgan fingerprint density at radius 2 is 1.80 bits per heavy atom. The number of methoxy groups -OCH3 is 2. The molecule has 0 saturated heterocycles. The first-order valence-corrected chi connectivity index (χ1v) is 10.4. The molecule has 0 N–H and O–H groups in total. The third-order valence-corrected chi connectivity index (χ3v) is 5.75. The van der Waals surface area contributed by atoms with Gasteiger partial charge in [0.05, 0.1) is 31.7 Å². The number of rotatable bonds is 7. The van der Waals surface area contributed by atoms with E-state index in [1.54, 1.807) is 25.0 Å². The summed E-state index contributed by atoms with van der Waals surface area (Å²) in [6.07, 6.45) is 3.57. The van der Waals surface area contributed by atoms with Crippen LogP contribution in [0.15, 0.2) is 76.9 Å². The molecule has 0 aliphatic rings. The Kier molecular flexibility index (Phi) is 5.99. The van der Waals surface area contributed by atoms with E-state index in [9.17, 15) is 4.79 Å². The first-order chi connectivity index (χ1) is 14.7. The van der Waals surface area contributed by atoms with Crippen LogP contribution in [0.25, 0.3) is 10.9 Å². The lowest BCUT2D eigenvalue weighted by atomic mass is 10.2. The van der Waals surface area contributed by atoms with Crippen LogP contribution in [-0.2, 0) is 12.3 Å². The summed E-state index contributed by atoms with van der Waals surface area (Å²) in [6, 6.07) is 17.0. The van der Waals surface area contributed by atoms with Gasteiger partial charge in [-0.3, -0.25) is 14.3 Å². The number of para-hydroxylation sites is 1. The first kappa shape index (κ1) is 20.0. The zero-order chi connectivity index (χ0) is 20.9. The quantitative estimate of drug-likeness (QED) is 0.331. The highest BCUT2D eigenvalue weighted by atomic mass is 32.2. The SMILES string of the molecule is COc1ccc(Cn2c(SCc3cccnc3)nc3ccccc3c2=O)cc1OC. The number of ether oxygens (including phenoxy) is 2. The lowest BCUT2D eigenvalue weighted by Gasteiger charge is -2.15. The third-order valence-electron chi connectivity index (χ3n) is 4.71. The normalized spacial score (nSPS) is 10.9. The maximum Gasteiger partial charge on any atom is 0.262 e. The van der Waals surface area contributed by atoms with Crippen molar-refractivity contribution in [2.24, 2.45) is 0 Å². The number of nitrogens with zero attached hydrogens (tertiary/aromatic N) is 3. The number of fused-ring (bicyclic) bond motifs is 1. The number of thioether (sulfide) groups is 1. The average Bonchev–Trinajstić information content (AvgIpc) is 2.80. The fourth-order valence-corrected chi connectivity index (χ4v) is 4.12. The summed E-state index contributed by atoms with van der Waals surface area (Å²) in [5, 5.41) is 1.26. The molecule has 6 nitrogen and oxygen atoms in total. The Balaban J connectivity index is 1.75. The topological polar surface area (TPSA) is 66.2 Å². The number of hydrogen-bond donors (Lipinski definition) is 0. The van der Waals surface area contributed by atoms with E-state index in [0.717, 1.165) is 11.1 Å². The van der Waals surface area contributed by atoms with Gasteiger partial charge in [-0.05, 0) is 41.5 Å². The van der Waals surface area contributed by atoms with Crippen LogP contribution in [0.2, 0.25) is 0 Å². The molecule has 0 bridgehead atoms. The molecule has 7 heteroatoms.